The molecule has 1 unspecified atom stereocenters. The Bertz CT molecular complexity index is 496. The van der Waals surface area contributed by atoms with E-state index in [0.29, 0.717) is 6.54 Å². The number of amides is 2. The van der Waals surface area contributed by atoms with Crippen molar-refractivity contribution < 1.29 is 9.90 Å². The van der Waals surface area contributed by atoms with Crippen molar-refractivity contribution >= 4 is 11.8 Å². The van der Waals surface area contributed by atoms with Crippen LogP contribution in [0, 0.1) is 5.92 Å². The van der Waals surface area contributed by atoms with Crippen molar-refractivity contribution in [2.45, 2.75) is 52.2 Å². The van der Waals surface area contributed by atoms with Crippen molar-refractivity contribution in [2.75, 3.05) is 24.5 Å². The van der Waals surface area contributed by atoms with E-state index in [2.05, 4.69) is 34.4 Å². The van der Waals surface area contributed by atoms with Crippen LogP contribution in [0.2, 0.25) is 0 Å². The molecule has 2 rings (SSSR count). The summed E-state index contributed by atoms with van der Waals surface area (Å²) in [6, 6.07) is 3.75. The summed E-state index contributed by atoms with van der Waals surface area (Å²) >= 11 is 0. The predicted octanol–water partition coefficient (Wildman–Crippen LogP) is 2.28. The molecule has 1 fully saturated rings. The van der Waals surface area contributed by atoms with Crippen LogP contribution in [0.1, 0.15) is 45.1 Å². The number of aliphatic hydroxyl groups excluding tert-OH is 1. The molecule has 1 aromatic rings. The van der Waals surface area contributed by atoms with Crippen LogP contribution in [0.4, 0.5) is 10.6 Å². The lowest BCUT2D eigenvalue weighted by atomic mass is 9.97. The third-order valence-corrected chi connectivity index (χ3v) is 4.76. The third-order valence-electron chi connectivity index (χ3n) is 4.76. The van der Waals surface area contributed by atoms with Crippen LogP contribution in [0.3, 0.4) is 0 Å². The van der Waals surface area contributed by atoms with Gasteiger partial charge in [-0.1, -0.05) is 32.8 Å². The van der Waals surface area contributed by atoms with Gasteiger partial charge in [0.05, 0.1) is 6.10 Å². The monoisotopic (exact) mass is 334 g/mol. The van der Waals surface area contributed by atoms with Crippen molar-refractivity contribution in [2.24, 2.45) is 5.92 Å². The van der Waals surface area contributed by atoms with Gasteiger partial charge in [0.1, 0.15) is 5.82 Å². The highest BCUT2D eigenvalue weighted by Crippen LogP contribution is 2.17. The summed E-state index contributed by atoms with van der Waals surface area (Å²) in [6.45, 7) is 6.97. The van der Waals surface area contributed by atoms with Crippen LogP contribution < -0.4 is 15.5 Å². The van der Waals surface area contributed by atoms with Gasteiger partial charge in [0.15, 0.2) is 0 Å². The molecule has 0 spiro atoms. The Labute approximate surface area is 144 Å². The molecule has 1 atom stereocenters. The molecule has 1 aliphatic rings. The zero-order valence-corrected chi connectivity index (χ0v) is 14.8. The minimum Gasteiger partial charge on any atom is -0.391 e. The largest absolute Gasteiger partial charge is 0.391 e. The van der Waals surface area contributed by atoms with Crippen molar-refractivity contribution in [3.8, 4) is 0 Å². The second-order valence-corrected chi connectivity index (χ2v) is 6.43. The summed E-state index contributed by atoms with van der Waals surface area (Å²) in [5.74, 6) is 1.24. The minimum atomic E-state index is -0.493. The molecule has 1 aliphatic heterocycles. The van der Waals surface area contributed by atoms with Gasteiger partial charge in [0, 0.05) is 32.4 Å². The van der Waals surface area contributed by atoms with E-state index in [1.165, 1.54) is 12.8 Å². The lowest BCUT2D eigenvalue weighted by Crippen LogP contribution is -2.41. The standard InChI is InChI=1S/C18H30N4O2/c1-3-15(4-2)16(23)13-21-18(24)20-12-14-7-8-17(19-11-14)22-9-5-6-10-22/h7-8,11,15-16,23H,3-6,9-10,12-13H2,1-2H3,(H2,20,21,24). The molecular weight excluding hydrogens is 304 g/mol. The number of carbonyl (C=O) groups excluding carboxylic acids is 1. The number of anilines is 1. The molecule has 2 heterocycles. The molecule has 2 amide bonds. The molecule has 0 aliphatic carbocycles. The maximum Gasteiger partial charge on any atom is 0.315 e. The quantitative estimate of drug-likeness (QED) is 0.681. The number of pyridine rings is 1. The normalized spacial score (nSPS) is 15.6. The molecule has 6 nitrogen and oxygen atoms in total. The van der Waals surface area contributed by atoms with Gasteiger partial charge in [-0.2, -0.15) is 0 Å². The van der Waals surface area contributed by atoms with Gasteiger partial charge < -0.3 is 20.6 Å². The molecule has 3 N–H and O–H groups in total. The number of hydrogen-bond donors (Lipinski definition) is 3. The van der Waals surface area contributed by atoms with E-state index in [1.807, 2.05) is 18.3 Å². The number of urea groups is 1. The molecule has 0 radical (unpaired) electrons. The maximum absolute atomic E-state index is 11.8. The fourth-order valence-corrected chi connectivity index (χ4v) is 3.10. The molecule has 134 valence electrons. The van der Waals surface area contributed by atoms with E-state index in [4.69, 9.17) is 0 Å². The first-order valence-electron chi connectivity index (χ1n) is 9.03. The first-order valence-corrected chi connectivity index (χ1v) is 9.03. The van der Waals surface area contributed by atoms with Crippen molar-refractivity contribution in [3.05, 3.63) is 23.9 Å². The summed E-state index contributed by atoms with van der Waals surface area (Å²) in [5.41, 5.74) is 0.966. The highest BCUT2D eigenvalue weighted by atomic mass is 16.3. The van der Waals surface area contributed by atoms with Crippen LogP contribution in [-0.4, -0.2) is 41.9 Å². The second kappa shape index (κ2) is 9.47. The second-order valence-electron chi connectivity index (χ2n) is 6.43. The van der Waals surface area contributed by atoms with E-state index >= 15 is 0 Å². The predicted molar refractivity (Wildman–Crippen MR) is 96.0 cm³/mol. The number of carbonyl (C=O) groups is 1. The first kappa shape index (κ1) is 18.5. The Morgan fingerprint density at radius 3 is 2.54 bits per heavy atom. The molecule has 24 heavy (non-hydrogen) atoms. The Balaban J connectivity index is 1.71. The molecule has 1 aromatic heterocycles. The van der Waals surface area contributed by atoms with E-state index in [0.717, 1.165) is 37.3 Å². The van der Waals surface area contributed by atoms with Crippen molar-refractivity contribution in [3.63, 3.8) is 0 Å². The average Bonchev–Trinajstić information content (AvgIpc) is 3.14. The zero-order valence-electron chi connectivity index (χ0n) is 14.8. The van der Waals surface area contributed by atoms with Gasteiger partial charge in [-0.25, -0.2) is 9.78 Å². The number of nitrogens with zero attached hydrogens (tertiary/aromatic N) is 2. The van der Waals surface area contributed by atoms with Gasteiger partial charge in [-0.3, -0.25) is 0 Å². The summed E-state index contributed by atoms with van der Waals surface area (Å²) in [7, 11) is 0. The molecule has 1 saturated heterocycles. The van der Waals surface area contributed by atoms with Gasteiger partial charge in [0.25, 0.3) is 0 Å². The molecule has 0 aromatic carbocycles. The molecule has 6 heteroatoms. The zero-order chi connectivity index (χ0) is 17.4. The fraction of sp³-hybridized carbons (Fsp3) is 0.667. The summed E-state index contributed by atoms with van der Waals surface area (Å²) in [4.78, 5) is 18.6. The Hall–Kier alpha value is -1.82. The Morgan fingerprint density at radius 2 is 1.96 bits per heavy atom. The number of aromatic nitrogens is 1. The fourth-order valence-electron chi connectivity index (χ4n) is 3.10. The third kappa shape index (κ3) is 5.37. The van der Waals surface area contributed by atoms with Crippen LogP contribution >= 0.6 is 0 Å². The summed E-state index contributed by atoms with van der Waals surface area (Å²) < 4.78 is 0. The lowest BCUT2D eigenvalue weighted by Gasteiger charge is -2.20. The SMILES string of the molecule is CCC(CC)C(O)CNC(=O)NCc1ccc(N2CCCC2)nc1. The Morgan fingerprint density at radius 1 is 1.25 bits per heavy atom. The highest BCUT2D eigenvalue weighted by molar-refractivity contribution is 5.73. The molecule has 0 bridgehead atoms. The average molecular weight is 334 g/mol. The minimum absolute atomic E-state index is 0.229. The van der Waals surface area contributed by atoms with Crippen LogP contribution in [0.25, 0.3) is 0 Å². The van der Waals surface area contributed by atoms with Crippen molar-refractivity contribution in [1.29, 1.82) is 0 Å². The van der Waals surface area contributed by atoms with Gasteiger partial charge in [0.2, 0.25) is 0 Å². The number of nitrogens with one attached hydrogen (secondary N) is 2. The first-order chi connectivity index (χ1) is 11.6. The number of hydrogen-bond acceptors (Lipinski definition) is 4. The van der Waals surface area contributed by atoms with E-state index in [-0.39, 0.29) is 18.5 Å². The smallest absolute Gasteiger partial charge is 0.315 e. The molecule has 0 saturated carbocycles. The maximum atomic E-state index is 11.8. The summed E-state index contributed by atoms with van der Waals surface area (Å²) in [5, 5.41) is 15.6. The summed E-state index contributed by atoms with van der Waals surface area (Å²) in [6.07, 6.45) is 5.60. The van der Waals surface area contributed by atoms with Crippen molar-refractivity contribution in [1.82, 2.24) is 15.6 Å². The lowest BCUT2D eigenvalue weighted by molar-refractivity contribution is 0.103. The van der Waals surface area contributed by atoms with E-state index in [1.54, 1.807) is 0 Å². The van der Waals surface area contributed by atoms with Gasteiger partial charge in [-0.15, -0.1) is 0 Å². The topological polar surface area (TPSA) is 77.5 Å². The van der Waals surface area contributed by atoms with Crippen LogP contribution in [0.15, 0.2) is 18.3 Å². The Kier molecular flexibility index (Phi) is 7.31. The highest BCUT2D eigenvalue weighted by Gasteiger charge is 2.16. The van der Waals surface area contributed by atoms with Crippen LogP contribution in [-0.2, 0) is 6.54 Å². The van der Waals surface area contributed by atoms with Gasteiger partial charge >= 0.3 is 6.03 Å². The molecular formula is C18H30N4O2. The van der Waals surface area contributed by atoms with E-state index in [9.17, 15) is 9.90 Å². The van der Waals surface area contributed by atoms with Gasteiger partial charge in [-0.05, 0) is 30.4 Å². The number of rotatable bonds is 8. The van der Waals surface area contributed by atoms with Crippen LogP contribution in [0.5, 0.6) is 0 Å². The van der Waals surface area contributed by atoms with E-state index < -0.39 is 6.10 Å². The number of aliphatic hydroxyl groups is 1.